The van der Waals surface area contributed by atoms with E-state index < -0.39 is 18.0 Å². The normalized spacial score (nSPS) is 21.3. The Morgan fingerprint density at radius 3 is 2.31 bits per heavy atom. The minimum absolute atomic E-state index is 0.00305. The first kappa shape index (κ1) is 35.1. The van der Waals surface area contributed by atoms with Crippen LogP contribution < -0.4 is 11.1 Å². The monoisotopic (exact) mass is 700 g/mol. The van der Waals surface area contributed by atoms with Crippen LogP contribution in [0.1, 0.15) is 69.1 Å². The number of aryl methyl sites for hydroxylation is 2. The molecule has 1 atom stereocenters. The second kappa shape index (κ2) is 14.4. The third-order valence-corrected chi connectivity index (χ3v) is 11.8. The molecule has 5 heterocycles. The minimum atomic E-state index is -1.02. The van der Waals surface area contributed by atoms with Crippen LogP contribution >= 0.6 is 0 Å². The lowest BCUT2D eigenvalue weighted by Gasteiger charge is -2.44. The predicted octanol–water partition coefficient (Wildman–Crippen LogP) is 5.16. The molecule has 0 radical (unpaired) electrons. The number of oxazole rings is 1. The van der Waals surface area contributed by atoms with E-state index >= 15 is 0 Å². The molecular weight excluding hydrogens is 648 g/mol. The summed E-state index contributed by atoms with van der Waals surface area (Å²) in [7, 11) is 1.67. The number of carbonyl (C=O) groups is 3. The van der Waals surface area contributed by atoms with Gasteiger partial charge >= 0.3 is 17.9 Å². The predicted molar refractivity (Wildman–Crippen MR) is 195 cm³/mol. The Labute approximate surface area is 299 Å². The number of para-hydroxylation sites is 1. The number of aromatic nitrogens is 1. The highest BCUT2D eigenvalue weighted by Crippen LogP contribution is 2.33. The van der Waals surface area contributed by atoms with E-state index in [2.05, 4.69) is 24.1 Å². The van der Waals surface area contributed by atoms with Gasteiger partial charge in [0.2, 0.25) is 0 Å². The lowest BCUT2D eigenvalue weighted by Crippen LogP contribution is -2.53. The smallest absolute Gasteiger partial charge is 0.419 e. The van der Waals surface area contributed by atoms with Gasteiger partial charge in [-0.3, -0.25) is 9.36 Å². The van der Waals surface area contributed by atoms with Crippen LogP contribution in [-0.4, -0.2) is 106 Å². The number of piperidine rings is 3. The van der Waals surface area contributed by atoms with Crippen molar-refractivity contribution in [2.45, 2.75) is 90.3 Å². The number of nitrogens with zero attached hydrogens (tertiary/aromatic N) is 5. The molecule has 0 saturated carbocycles. The molecule has 0 bridgehead atoms. The zero-order chi connectivity index (χ0) is 35.9. The van der Waals surface area contributed by atoms with Gasteiger partial charge in [-0.15, -0.1) is 0 Å². The van der Waals surface area contributed by atoms with Gasteiger partial charge in [0.05, 0.1) is 5.52 Å². The fraction of sp³-hybridized carbons (Fsp3) is 0.590. The van der Waals surface area contributed by atoms with Gasteiger partial charge in [0.25, 0.3) is 5.91 Å². The SMILES string of the molecule is Cc1cc(C[C@@H](OC(=O)N2CCC(N3CCc4ccccc4NC3=O)CC2)C(=O)N2CCC(N3CCC(C)(C)CC3)CC2)cc2oc(=O)n(C)c12. The molecule has 0 spiro atoms. The molecule has 0 aliphatic carbocycles. The largest absolute Gasteiger partial charge is 0.436 e. The van der Waals surface area contributed by atoms with Crippen LogP contribution in [0.3, 0.4) is 0 Å². The van der Waals surface area contributed by atoms with Gasteiger partial charge in [0, 0.05) is 64.0 Å². The average Bonchev–Trinajstić information content (AvgIpc) is 3.29. The molecule has 7 rings (SSSR count). The zero-order valence-electron chi connectivity index (χ0n) is 30.5. The van der Waals surface area contributed by atoms with Crippen molar-refractivity contribution in [3.8, 4) is 0 Å². The molecule has 0 unspecified atom stereocenters. The van der Waals surface area contributed by atoms with E-state index in [0.717, 1.165) is 54.7 Å². The molecule has 1 N–H and O–H groups in total. The molecule has 12 heteroatoms. The van der Waals surface area contributed by atoms with Crippen LogP contribution in [0.25, 0.3) is 11.1 Å². The van der Waals surface area contributed by atoms with E-state index in [4.69, 9.17) is 9.15 Å². The van der Waals surface area contributed by atoms with Gasteiger partial charge in [-0.1, -0.05) is 38.1 Å². The summed E-state index contributed by atoms with van der Waals surface area (Å²) in [6.45, 7) is 11.5. The Morgan fingerprint density at radius 2 is 1.59 bits per heavy atom. The number of anilines is 1. The summed E-state index contributed by atoms with van der Waals surface area (Å²) in [5.74, 6) is -0.639. The fourth-order valence-electron chi connectivity index (χ4n) is 8.54. The highest BCUT2D eigenvalue weighted by Gasteiger charge is 2.37. The second-order valence-corrected chi connectivity index (χ2v) is 15.8. The first-order chi connectivity index (χ1) is 24.5. The summed E-state index contributed by atoms with van der Waals surface area (Å²) in [4.78, 5) is 61.4. The van der Waals surface area contributed by atoms with Gasteiger partial charge in [-0.05, 0) is 99.2 Å². The number of carbonyl (C=O) groups excluding carboxylic acids is 3. The van der Waals surface area contributed by atoms with E-state index in [1.54, 1.807) is 18.0 Å². The Balaban J connectivity index is 1.02. The third-order valence-electron chi connectivity index (χ3n) is 11.8. The molecule has 3 aromatic rings. The lowest BCUT2D eigenvalue weighted by molar-refractivity contribution is -0.142. The first-order valence-electron chi connectivity index (χ1n) is 18.7. The van der Waals surface area contributed by atoms with Gasteiger partial charge in [0.15, 0.2) is 11.7 Å². The Morgan fingerprint density at radius 1 is 0.922 bits per heavy atom. The lowest BCUT2D eigenvalue weighted by atomic mass is 9.82. The van der Waals surface area contributed by atoms with Gasteiger partial charge < -0.3 is 34.1 Å². The molecule has 274 valence electrons. The van der Waals surface area contributed by atoms with Crippen molar-refractivity contribution < 1.29 is 23.5 Å². The highest BCUT2D eigenvalue weighted by molar-refractivity contribution is 5.91. The van der Waals surface area contributed by atoms with E-state index in [-0.39, 0.29) is 24.4 Å². The standard InChI is InChI=1S/C39H52N6O6/c1-26-23-27(24-32-34(26)41(4)37(48)50-32)25-33(35(46)43-16-10-29(11-17-43)42-21-14-39(2,3)15-22-42)51-38(49)44-18-12-30(13-19-44)45-20-9-28-7-5-6-8-31(28)40-36(45)47/h5-8,23-24,29-30,33H,9-22,25H2,1-4H3,(H,40,47)/t33-/m1/s1. The van der Waals surface area contributed by atoms with Crippen LogP contribution in [0.5, 0.6) is 0 Å². The third kappa shape index (κ3) is 7.52. The first-order valence-corrected chi connectivity index (χ1v) is 18.7. The number of amides is 4. The number of ether oxygens (including phenoxy) is 1. The van der Waals surface area contributed by atoms with E-state index in [1.165, 1.54) is 17.4 Å². The van der Waals surface area contributed by atoms with Crippen molar-refractivity contribution in [2.24, 2.45) is 12.5 Å². The van der Waals surface area contributed by atoms with Crippen LogP contribution in [-0.2, 0) is 29.4 Å². The summed E-state index contributed by atoms with van der Waals surface area (Å²) in [6, 6.07) is 11.9. The number of urea groups is 1. The number of benzene rings is 2. The number of rotatable bonds is 6. The summed E-state index contributed by atoms with van der Waals surface area (Å²) in [5, 5.41) is 3.05. The van der Waals surface area contributed by atoms with E-state index in [1.807, 2.05) is 47.1 Å². The maximum Gasteiger partial charge on any atom is 0.419 e. The maximum absolute atomic E-state index is 14.2. The second-order valence-electron chi connectivity index (χ2n) is 15.8. The van der Waals surface area contributed by atoms with Crippen molar-refractivity contribution in [3.05, 3.63) is 63.6 Å². The molecule has 3 fully saturated rings. The molecule has 4 aliphatic rings. The molecule has 51 heavy (non-hydrogen) atoms. The highest BCUT2D eigenvalue weighted by atomic mass is 16.6. The van der Waals surface area contributed by atoms with Crippen molar-refractivity contribution in [1.82, 2.24) is 24.2 Å². The maximum atomic E-state index is 14.2. The van der Waals surface area contributed by atoms with Gasteiger partial charge in [-0.2, -0.15) is 0 Å². The molecule has 1 aromatic heterocycles. The van der Waals surface area contributed by atoms with E-state index in [0.29, 0.717) is 68.1 Å². The summed E-state index contributed by atoms with van der Waals surface area (Å²) >= 11 is 0. The molecule has 12 nitrogen and oxygen atoms in total. The fourth-order valence-corrected chi connectivity index (χ4v) is 8.54. The number of likely N-dealkylation sites (tertiary alicyclic amines) is 3. The van der Waals surface area contributed by atoms with Crippen LogP contribution in [0.15, 0.2) is 45.6 Å². The molecule has 4 aliphatic heterocycles. The average molecular weight is 701 g/mol. The number of nitrogens with one attached hydrogen (secondary N) is 1. The van der Waals surface area contributed by atoms with E-state index in [9.17, 15) is 19.2 Å². The molecule has 3 saturated heterocycles. The van der Waals surface area contributed by atoms with Crippen molar-refractivity contribution >= 4 is 34.8 Å². The molecular formula is C39H52N6O6. The van der Waals surface area contributed by atoms with Gasteiger partial charge in [0.1, 0.15) is 0 Å². The summed E-state index contributed by atoms with van der Waals surface area (Å²) < 4.78 is 13.1. The number of fused-ring (bicyclic) bond motifs is 2. The van der Waals surface area contributed by atoms with Crippen LogP contribution in [0.2, 0.25) is 0 Å². The van der Waals surface area contributed by atoms with Gasteiger partial charge in [-0.25, -0.2) is 14.4 Å². The van der Waals surface area contributed by atoms with Crippen molar-refractivity contribution in [1.29, 1.82) is 0 Å². The Hall–Kier alpha value is -4.32. The minimum Gasteiger partial charge on any atom is -0.436 e. The number of hydrogen-bond donors (Lipinski definition) is 1. The zero-order valence-corrected chi connectivity index (χ0v) is 30.5. The van der Waals surface area contributed by atoms with Crippen LogP contribution in [0.4, 0.5) is 15.3 Å². The molecule has 4 amide bonds. The molecule has 2 aromatic carbocycles. The van der Waals surface area contributed by atoms with Crippen molar-refractivity contribution in [2.75, 3.05) is 51.1 Å². The number of hydrogen-bond acceptors (Lipinski definition) is 7. The summed E-state index contributed by atoms with van der Waals surface area (Å²) in [6.07, 6.45) is 4.82. The Bertz CT molecular complexity index is 1820. The topological polar surface area (TPSA) is 121 Å². The van der Waals surface area contributed by atoms with Crippen LogP contribution in [0, 0.1) is 12.3 Å². The quantitative estimate of drug-likeness (QED) is 0.378. The van der Waals surface area contributed by atoms with Crippen molar-refractivity contribution in [3.63, 3.8) is 0 Å². The Kier molecular flexibility index (Phi) is 9.88. The summed E-state index contributed by atoms with van der Waals surface area (Å²) in [5.41, 5.74) is 5.12.